The molecule has 0 bridgehead atoms. The monoisotopic (exact) mass is 357 g/mol. The molecule has 0 saturated heterocycles. The zero-order valence-corrected chi connectivity index (χ0v) is 14.8. The van der Waals surface area contributed by atoms with Crippen molar-refractivity contribution < 1.29 is 14.7 Å². The highest BCUT2D eigenvalue weighted by molar-refractivity contribution is 6.01. The zero-order valence-electron chi connectivity index (χ0n) is 14.8. The standard InChI is InChI=1S/C19H23N3O4/c1-12(17(23)20-11-13-7-3-2-4-8-13)22-18(24)15-10-6-5-9-14(15)16(21-22)19(25)26/h5-6,9-10,12-13H,2-4,7-8,11H2,1H3,(H,20,23)(H,25,26)/t12-/m0/s1. The average Bonchev–Trinajstić information content (AvgIpc) is 2.66. The van der Waals surface area contributed by atoms with Crippen molar-refractivity contribution in [2.75, 3.05) is 6.54 Å². The van der Waals surface area contributed by atoms with E-state index in [9.17, 15) is 19.5 Å². The molecule has 0 spiro atoms. The third-order valence-electron chi connectivity index (χ3n) is 5.07. The summed E-state index contributed by atoms with van der Waals surface area (Å²) in [5.74, 6) is -1.09. The highest BCUT2D eigenvalue weighted by Gasteiger charge is 2.23. The maximum absolute atomic E-state index is 12.7. The van der Waals surface area contributed by atoms with Gasteiger partial charge >= 0.3 is 5.97 Å². The van der Waals surface area contributed by atoms with E-state index in [4.69, 9.17) is 0 Å². The highest BCUT2D eigenvalue weighted by Crippen LogP contribution is 2.23. The van der Waals surface area contributed by atoms with E-state index < -0.39 is 17.6 Å². The minimum atomic E-state index is -1.23. The van der Waals surface area contributed by atoms with Gasteiger partial charge in [0.25, 0.3) is 5.56 Å². The van der Waals surface area contributed by atoms with E-state index in [-0.39, 0.29) is 22.4 Å². The van der Waals surface area contributed by atoms with Gasteiger partial charge in [0.15, 0.2) is 5.69 Å². The molecule has 2 N–H and O–H groups in total. The Hall–Kier alpha value is -2.70. The Morgan fingerprint density at radius 3 is 2.54 bits per heavy atom. The fourth-order valence-corrected chi connectivity index (χ4v) is 3.52. The molecule has 1 aliphatic carbocycles. The lowest BCUT2D eigenvalue weighted by Crippen LogP contribution is -2.39. The van der Waals surface area contributed by atoms with Gasteiger partial charge in [0, 0.05) is 11.9 Å². The first-order chi connectivity index (χ1) is 12.5. The minimum absolute atomic E-state index is 0.230. The minimum Gasteiger partial charge on any atom is -0.476 e. The smallest absolute Gasteiger partial charge is 0.357 e. The van der Waals surface area contributed by atoms with Crippen LogP contribution in [0.15, 0.2) is 29.1 Å². The van der Waals surface area contributed by atoms with Crippen molar-refractivity contribution in [1.29, 1.82) is 0 Å². The maximum atomic E-state index is 12.7. The molecule has 0 aliphatic heterocycles. The number of aromatic nitrogens is 2. The van der Waals surface area contributed by atoms with Gasteiger partial charge in [0.2, 0.25) is 5.91 Å². The fraction of sp³-hybridized carbons (Fsp3) is 0.474. The van der Waals surface area contributed by atoms with Crippen molar-refractivity contribution in [3.05, 3.63) is 40.3 Å². The Morgan fingerprint density at radius 1 is 1.23 bits per heavy atom. The molecule has 7 heteroatoms. The molecule has 1 aromatic carbocycles. The first-order valence-corrected chi connectivity index (χ1v) is 9.01. The SMILES string of the molecule is C[C@@H](C(=O)NCC1CCCCC1)n1nc(C(=O)O)c2ccccc2c1=O. The molecular weight excluding hydrogens is 334 g/mol. The largest absolute Gasteiger partial charge is 0.476 e. The van der Waals surface area contributed by atoms with Gasteiger partial charge in [-0.05, 0) is 31.7 Å². The number of nitrogens with zero attached hydrogens (tertiary/aromatic N) is 2. The molecule has 1 aromatic heterocycles. The second-order valence-corrected chi connectivity index (χ2v) is 6.87. The molecule has 1 aliphatic rings. The van der Waals surface area contributed by atoms with E-state index >= 15 is 0 Å². The predicted octanol–water partition coefficient (Wildman–Crippen LogP) is 2.35. The van der Waals surface area contributed by atoms with Crippen LogP contribution in [0.25, 0.3) is 10.8 Å². The van der Waals surface area contributed by atoms with Crippen LogP contribution in [0.2, 0.25) is 0 Å². The normalized spacial score (nSPS) is 16.3. The third-order valence-corrected chi connectivity index (χ3v) is 5.07. The number of fused-ring (bicyclic) bond motifs is 1. The van der Waals surface area contributed by atoms with E-state index in [0.29, 0.717) is 12.5 Å². The summed E-state index contributed by atoms with van der Waals surface area (Å²) >= 11 is 0. The molecule has 26 heavy (non-hydrogen) atoms. The lowest BCUT2D eigenvalue weighted by atomic mass is 9.89. The summed E-state index contributed by atoms with van der Waals surface area (Å²) in [5.41, 5.74) is -0.696. The summed E-state index contributed by atoms with van der Waals surface area (Å²) < 4.78 is 0.974. The topological polar surface area (TPSA) is 101 Å². The van der Waals surface area contributed by atoms with Gasteiger partial charge in [-0.2, -0.15) is 5.10 Å². The van der Waals surface area contributed by atoms with Crippen LogP contribution >= 0.6 is 0 Å². The van der Waals surface area contributed by atoms with Crippen LogP contribution in [-0.4, -0.2) is 33.3 Å². The summed E-state index contributed by atoms with van der Waals surface area (Å²) in [6.45, 7) is 2.14. The Labute approximate surface area is 151 Å². The molecule has 1 amide bonds. The number of carbonyl (C=O) groups excluding carboxylic acids is 1. The Balaban J connectivity index is 1.86. The summed E-state index contributed by atoms with van der Waals surface area (Å²) in [6.07, 6.45) is 5.82. The van der Waals surface area contributed by atoms with Gasteiger partial charge in [-0.1, -0.05) is 37.5 Å². The lowest BCUT2D eigenvalue weighted by Gasteiger charge is -2.23. The number of carboxylic acids is 1. The van der Waals surface area contributed by atoms with Crippen molar-refractivity contribution in [2.24, 2.45) is 5.92 Å². The maximum Gasteiger partial charge on any atom is 0.357 e. The molecule has 0 unspecified atom stereocenters. The Morgan fingerprint density at radius 2 is 1.88 bits per heavy atom. The molecule has 1 atom stereocenters. The van der Waals surface area contributed by atoms with Crippen LogP contribution in [0.3, 0.4) is 0 Å². The van der Waals surface area contributed by atoms with Crippen LogP contribution in [0, 0.1) is 5.92 Å². The van der Waals surface area contributed by atoms with Crippen LogP contribution < -0.4 is 10.9 Å². The first kappa shape index (κ1) is 18.1. The number of hydrogen-bond donors (Lipinski definition) is 2. The molecule has 138 valence electrons. The van der Waals surface area contributed by atoms with Gasteiger partial charge in [0.1, 0.15) is 6.04 Å². The number of benzene rings is 1. The van der Waals surface area contributed by atoms with Gasteiger partial charge in [-0.25, -0.2) is 9.48 Å². The Bertz CT molecular complexity index is 884. The molecular formula is C19H23N3O4. The van der Waals surface area contributed by atoms with E-state index in [0.717, 1.165) is 17.5 Å². The van der Waals surface area contributed by atoms with Gasteiger partial charge < -0.3 is 10.4 Å². The number of hydrogen-bond acceptors (Lipinski definition) is 4. The predicted molar refractivity (Wildman–Crippen MR) is 97.3 cm³/mol. The van der Waals surface area contributed by atoms with Gasteiger partial charge in [0.05, 0.1) is 5.39 Å². The second kappa shape index (κ2) is 7.68. The van der Waals surface area contributed by atoms with Crippen LogP contribution in [0.4, 0.5) is 0 Å². The molecule has 7 nitrogen and oxygen atoms in total. The molecule has 1 fully saturated rings. The molecule has 1 heterocycles. The summed E-state index contributed by atoms with van der Waals surface area (Å²) in [7, 11) is 0. The number of nitrogens with one attached hydrogen (secondary N) is 1. The molecule has 3 rings (SSSR count). The number of rotatable bonds is 5. The van der Waals surface area contributed by atoms with Crippen molar-refractivity contribution in [3.63, 3.8) is 0 Å². The van der Waals surface area contributed by atoms with E-state index in [2.05, 4.69) is 10.4 Å². The van der Waals surface area contributed by atoms with Crippen molar-refractivity contribution in [3.8, 4) is 0 Å². The van der Waals surface area contributed by atoms with Crippen molar-refractivity contribution in [1.82, 2.24) is 15.1 Å². The highest BCUT2D eigenvalue weighted by atomic mass is 16.4. The van der Waals surface area contributed by atoms with Crippen LogP contribution in [0.5, 0.6) is 0 Å². The number of carbonyl (C=O) groups is 2. The number of carboxylic acid groups (broad SMARTS) is 1. The molecule has 2 aromatic rings. The van der Waals surface area contributed by atoms with E-state index in [1.165, 1.54) is 19.3 Å². The lowest BCUT2D eigenvalue weighted by molar-refractivity contribution is -0.124. The van der Waals surface area contributed by atoms with Gasteiger partial charge in [-0.3, -0.25) is 9.59 Å². The van der Waals surface area contributed by atoms with Gasteiger partial charge in [-0.15, -0.1) is 0 Å². The summed E-state index contributed by atoms with van der Waals surface area (Å²) in [6, 6.07) is 5.53. The second-order valence-electron chi connectivity index (χ2n) is 6.87. The fourth-order valence-electron chi connectivity index (χ4n) is 3.52. The first-order valence-electron chi connectivity index (χ1n) is 9.01. The van der Waals surface area contributed by atoms with Crippen molar-refractivity contribution in [2.45, 2.75) is 45.1 Å². The summed E-state index contributed by atoms with van der Waals surface area (Å²) in [4.78, 5) is 36.7. The number of aromatic carboxylic acids is 1. The van der Waals surface area contributed by atoms with Crippen molar-refractivity contribution >= 4 is 22.6 Å². The summed E-state index contributed by atoms with van der Waals surface area (Å²) in [5, 5.41) is 16.8. The number of amides is 1. The quantitative estimate of drug-likeness (QED) is 0.855. The molecule has 1 saturated carbocycles. The Kier molecular flexibility index (Phi) is 5.35. The van der Waals surface area contributed by atoms with Crippen LogP contribution in [0.1, 0.15) is 55.6 Å². The zero-order chi connectivity index (χ0) is 18.7. The average molecular weight is 357 g/mol. The third kappa shape index (κ3) is 3.61. The van der Waals surface area contributed by atoms with E-state index in [1.807, 2.05) is 0 Å². The van der Waals surface area contributed by atoms with Crippen LogP contribution in [-0.2, 0) is 4.79 Å². The van der Waals surface area contributed by atoms with E-state index in [1.54, 1.807) is 31.2 Å². The molecule has 0 radical (unpaired) electrons.